The Morgan fingerprint density at radius 1 is 1.28 bits per heavy atom. The van der Waals surface area contributed by atoms with Gasteiger partial charge in [0.25, 0.3) is 0 Å². The van der Waals surface area contributed by atoms with Crippen LogP contribution in [0.3, 0.4) is 0 Å². The number of nitrogens with two attached hydrogens (primary N) is 1. The van der Waals surface area contributed by atoms with Crippen molar-refractivity contribution in [3.8, 4) is 0 Å². The summed E-state index contributed by atoms with van der Waals surface area (Å²) >= 11 is 1.66. The van der Waals surface area contributed by atoms with Crippen molar-refractivity contribution in [3.63, 3.8) is 0 Å². The standard InChI is InChI=1S/C21H33N3O4S/c1-11-17-16(12(2)25)20(26)24(17)18(21(27)28)19(11)29-15-7-8-23(10-15)14-5-3-13(9-22)4-6-14/h11-17,25H,3-10,22H2,1-2H3,(H,27,28)/t11-,12-,13-,14+,15-,16-,17-/m1/s1. The summed E-state index contributed by atoms with van der Waals surface area (Å²) in [4.78, 5) is 29.3. The number of likely N-dealkylation sites (tertiary alicyclic amines) is 1. The van der Waals surface area contributed by atoms with Crippen molar-refractivity contribution < 1.29 is 19.8 Å². The Morgan fingerprint density at radius 2 is 1.97 bits per heavy atom. The molecule has 4 N–H and O–H groups in total. The molecule has 0 aromatic heterocycles. The average Bonchev–Trinajstić information content (AvgIpc) is 3.24. The first-order valence-corrected chi connectivity index (χ1v) is 11.8. The van der Waals surface area contributed by atoms with Gasteiger partial charge >= 0.3 is 5.97 Å². The fourth-order valence-electron chi connectivity index (χ4n) is 5.79. The highest BCUT2D eigenvalue weighted by molar-refractivity contribution is 8.03. The fourth-order valence-corrected chi connectivity index (χ4v) is 7.29. The van der Waals surface area contributed by atoms with Crippen molar-refractivity contribution in [1.29, 1.82) is 0 Å². The molecule has 7 nitrogen and oxygen atoms in total. The zero-order valence-corrected chi connectivity index (χ0v) is 18.1. The van der Waals surface area contributed by atoms with Crippen molar-refractivity contribution in [3.05, 3.63) is 10.6 Å². The van der Waals surface area contributed by atoms with Gasteiger partial charge < -0.3 is 20.8 Å². The molecule has 1 saturated carbocycles. The molecule has 29 heavy (non-hydrogen) atoms. The molecule has 4 rings (SSSR count). The van der Waals surface area contributed by atoms with Gasteiger partial charge in [0, 0.05) is 28.7 Å². The van der Waals surface area contributed by atoms with Gasteiger partial charge in [0.2, 0.25) is 5.91 Å². The van der Waals surface area contributed by atoms with E-state index in [1.54, 1.807) is 18.7 Å². The molecule has 1 amide bonds. The van der Waals surface area contributed by atoms with E-state index in [4.69, 9.17) is 5.73 Å². The zero-order chi connectivity index (χ0) is 20.9. The molecule has 3 aliphatic heterocycles. The van der Waals surface area contributed by atoms with E-state index in [1.807, 2.05) is 6.92 Å². The molecule has 0 spiro atoms. The van der Waals surface area contributed by atoms with E-state index in [2.05, 4.69) is 4.90 Å². The second-order valence-corrected chi connectivity index (χ2v) is 10.5. The van der Waals surface area contributed by atoms with E-state index in [0.29, 0.717) is 17.2 Å². The molecule has 5 atom stereocenters. The molecule has 0 bridgehead atoms. The van der Waals surface area contributed by atoms with E-state index < -0.39 is 18.0 Å². The third kappa shape index (κ3) is 3.62. The Hall–Kier alpha value is -1.09. The van der Waals surface area contributed by atoms with Crippen LogP contribution in [-0.2, 0) is 9.59 Å². The molecule has 0 aromatic rings. The molecular formula is C21H33N3O4S. The summed E-state index contributed by atoms with van der Waals surface area (Å²) in [6.07, 6.45) is 5.12. The van der Waals surface area contributed by atoms with E-state index >= 15 is 0 Å². The van der Waals surface area contributed by atoms with Crippen LogP contribution in [0.4, 0.5) is 0 Å². The number of aliphatic carboxylic acids is 1. The molecule has 0 radical (unpaired) electrons. The minimum atomic E-state index is -1.03. The first kappa shape index (κ1) is 21.2. The quantitative estimate of drug-likeness (QED) is 0.555. The van der Waals surface area contributed by atoms with Crippen LogP contribution in [-0.4, -0.2) is 75.0 Å². The normalized spacial score (nSPS) is 38.9. The van der Waals surface area contributed by atoms with Crippen LogP contribution in [0.25, 0.3) is 0 Å². The van der Waals surface area contributed by atoms with Gasteiger partial charge in [-0.05, 0) is 58.0 Å². The third-order valence-electron chi connectivity index (χ3n) is 7.45. The SMILES string of the molecule is C[C@@H](O)[C@H]1C(=O)N2C(C(=O)O)=C(S[C@@H]3CCN([C@H]4CC[C@@H](CN)CC4)C3)[C@H](C)[C@H]12. The number of carbonyl (C=O) groups excluding carboxylic acids is 1. The van der Waals surface area contributed by atoms with Gasteiger partial charge in [-0.2, -0.15) is 0 Å². The molecular weight excluding hydrogens is 390 g/mol. The number of carboxylic acid groups (broad SMARTS) is 1. The van der Waals surface area contributed by atoms with Crippen LogP contribution in [0.15, 0.2) is 10.6 Å². The molecule has 3 fully saturated rings. The second-order valence-electron chi connectivity index (χ2n) is 9.21. The Bertz CT molecular complexity index is 704. The summed E-state index contributed by atoms with van der Waals surface area (Å²) in [6.45, 7) is 6.44. The molecule has 162 valence electrons. The van der Waals surface area contributed by atoms with Crippen LogP contribution in [0.5, 0.6) is 0 Å². The van der Waals surface area contributed by atoms with Crippen molar-refractivity contribution in [2.45, 2.75) is 69.4 Å². The fraction of sp³-hybridized carbons (Fsp3) is 0.810. The minimum Gasteiger partial charge on any atom is -0.477 e. The predicted molar refractivity (Wildman–Crippen MR) is 112 cm³/mol. The number of carbonyl (C=O) groups is 2. The largest absolute Gasteiger partial charge is 0.477 e. The first-order valence-electron chi connectivity index (χ1n) is 10.9. The number of amides is 1. The lowest BCUT2D eigenvalue weighted by molar-refractivity contribution is -0.163. The van der Waals surface area contributed by atoms with E-state index in [-0.39, 0.29) is 23.6 Å². The predicted octanol–water partition coefficient (Wildman–Crippen LogP) is 1.47. The van der Waals surface area contributed by atoms with Gasteiger partial charge in [-0.3, -0.25) is 9.69 Å². The molecule has 2 saturated heterocycles. The number of fused-ring (bicyclic) bond motifs is 1. The van der Waals surface area contributed by atoms with Crippen molar-refractivity contribution in [1.82, 2.24) is 9.80 Å². The molecule has 8 heteroatoms. The van der Waals surface area contributed by atoms with Crippen molar-refractivity contribution in [2.75, 3.05) is 19.6 Å². The Kier molecular flexibility index (Phi) is 5.99. The lowest BCUT2D eigenvalue weighted by atomic mass is 9.79. The smallest absolute Gasteiger partial charge is 0.353 e. The number of aliphatic hydroxyl groups excluding tert-OH is 1. The summed E-state index contributed by atoms with van der Waals surface area (Å²) in [6, 6.07) is 0.401. The molecule has 1 aliphatic carbocycles. The van der Waals surface area contributed by atoms with Crippen LogP contribution in [0, 0.1) is 17.8 Å². The van der Waals surface area contributed by atoms with Gasteiger partial charge in [-0.15, -0.1) is 11.8 Å². The Balaban J connectivity index is 1.43. The number of hydrogen-bond donors (Lipinski definition) is 3. The lowest BCUT2D eigenvalue weighted by Gasteiger charge is -2.46. The second kappa shape index (κ2) is 8.21. The first-order chi connectivity index (χ1) is 13.8. The van der Waals surface area contributed by atoms with E-state index in [1.165, 1.54) is 30.6 Å². The summed E-state index contributed by atoms with van der Waals surface area (Å²) < 4.78 is 0. The Labute approximate surface area is 176 Å². The number of carboxylic acids is 1. The van der Waals surface area contributed by atoms with E-state index in [0.717, 1.165) is 31.0 Å². The summed E-state index contributed by atoms with van der Waals surface area (Å²) in [5.74, 6) is -1.15. The molecule has 3 heterocycles. The highest BCUT2D eigenvalue weighted by Crippen LogP contribution is 2.52. The summed E-state index contributed by atoms with van der Waals surface area (Å²) in [5, 5.41) is 20.1. The number of aliphatic hydroxyl groups is 1. The Morgan fingerprint density at radius 3 is 2.55 bits per heavy atom. The summed E-state index contributed by atoms with van der Waals surface area (Å²) in [5.41, 5.74) is 5.97. The maximum absolute atomic E-state index is 12.5. The molecule has 4 aliphatic rings. The summed E-state index contributed by atoms with van der Waals surface area (Å²) in [7, 11) is 0. The topological polar surface area (TPSA) is 107 Å². The average molecular weight is 424 g/mol. The van der Waals surface area contributed by atoms with Crippen LogP contribution >= 0.6 is 11.8 Å². The monoisotopic (exact) mass is 423 g/mol. The molecule has 0 unspecified atom stereocenters. The van der Waals surface area contributed by atoms with Gasteiger partial charge in [0.1, 0.15) is 5.70 Å². The van der Waals surface area contributed by atoms with Crippen molar-refractivity contribution >= 4 is 23.6 Å². The zero-order valence-electron chi connectivity index (χ0n) is 17.3. The van der Waals surface area contributed by atoms with Gasteiger partial charge in [0.15, 0.2) is 0 Å². The maximum atomic E-state index is 12.5. The van der Waals surface area contributed by atoms with Gasteiger partial charge in [0.05, 0.1) is 18.1 Å². The highest BCUT2D eigenvalue weighted by Gasteiger charge is 2.60. The highest BCUT2D eigenvalue weighted by atomic mass is 32.2. The van der Waals surface area contributed by atoms with Gasteiger partial charge in [-0.1, -0.05) is 6.92 Å². The number of hydrogen-bond acceptors (Lipinski definition) is 6. The van der Waals surface area contributed by atoms with Crippen molar-refractivity contribution in [2.24, 2.45) is 23.5 Å². The number of thioether (sulfide) groups is 1. The van der Waals surface area contributed by atoms with Gasteiger partial charge in [-0.25, -0.2) is 4.79 Å². The minimum absolute atomic E-state index is 0.0440. The van der Waals surface area contributed by atoms with Crippen LogP contribution in [0.2, 0.25) is 0 Å². The number of rotatable bonds is 6. The molecule has 0 aromatic carbocycles. The van der Waals surface area contributed by atoms with Crippen LogP contribution < -0.4 is 5.73 Å². The maximum Gasteiger partial charge on any atom is 0.353 e. The van der Waals surface area contributed by atoms with Crippen LogP contribution in [0.1, 0.15) is 46.0 Å². The number of nitrogens with zero attached hydrogens (tertiary/aromatic N) is 2. The number of β-lactam (4-membered cyclic amide) rings is 1. The third-order valence-corrected chi connectivity index (χ3v) is 8.98. The lowest BCUT2D eigenvalue weighted by Crippen LogP contribution is -2.63. The van der Waals surface area contributed by atoms with E-state index in [9.17, 15) is 19.8 Å².